The lowest BCUT2D eigenvalue weighted by Gasteiger charge is -2.10. The van der Waals surface area contributed by atoms with Crippen molar-refractivity contribution in [2.45, 2.75) is 25.3 Å². The van der Waals surface area contributed by atoms with E-state index < -0.39 is 10.0 Å². The maximum absolute atomic E-state index is 12.5. The van der Waals surface area contributed by atoms with E-state index in [0.717, 1.165) is 11.1 Å². The van der Waals surface area contributed by atoms with Gasteiger partial charge in [0.1, 0.15) is 0 Å². The average molecular weight is 386 g/mol. The fourth-order valence-corrected chi connectivity index (χ4v) is 4.19. The van der Waals surface area contributed by atoms with Crippen molar-refractivity contribution in [3.8, 4) is 11.4 Å². The van der Waals surface area contributed by atoms with Crippen LogP contribution in [0.5, 0.6) is 0 Å². The predicted molar refractivity (Wildman–Crippen MR) is 104 cm³/mol. The molecular formula is C19H22N4O3S. The van der Waals surface area contributed by atoms with Crippen molar-refractivity contribution in [3.05, 3.63) is 70.1 Å². The van der Waals surface area contributed by atoms with E-state index in [-0.39, 0.29) is 23.7 Å². The first kappa shape index (κ1) is 19.1. The summed E-state index contributed by atoms with van der Waals surface area (Å²) in [6, 6.07) is 14.5. The van der Waals surface area contributed by atoms with Gasteiger partial charge in [0.25, 0.3) is 0 Å². The number of hydrogen-bond donors (Lipinski definition) is 1. The molecule has 7 nitrogen and oxygen atoms in total. The Hall–Kier alpha value is -2.71. The normalized spacial score (nSPS) is 11.7. The van der Waals surface area contributed by atoms with Crippen LogP contribution in [-0.4, -0.2) is 29.3 Å². The molecule has 142 valence electrons. The molecule has 27 heavy (non-hydrogen) atoms. The molecule has 1 aromatic heterocycles. The molecule has 0 saturated heterocycles. The van der Waals surface area contributed by atoms with Crippen molar-refractivity contribution in [1.82, 2.24) is 19.1 Å². The van der Waals surface area contributed by atoms with Gasteiger partial charge in [0, 0.05) is 19.2 Å². The van der Waals surface area contributed by atoms with Crippen LogP contribution in [0.1, 0.15) is 11.1 Å². The fraction of sp³-hybridized carbons (Fsp3) is 0.263. The number of aromatic nitrogens is 3. The number of hydrogen-bond acceptors (Lipinski definition) is 4. The van der Waals surface area contributed by atoms with E-state index in [2.05, 4.69) is 9.82 Å². The molecule has 0 aliphatic heterocycles. The molecule has 0 aliphatic rings. The molecule has 0 amide bonds. The largest absolute Gasteiger partial charge is 0.345 e. The van der Waals surface area contributed by atoms with Crippen LogP contribution in [0.4, 0.5) is 0 Å². The van der Waals surface area contributed by atoms with Gasteiger partial charge in [-0.05, 0) is 31.0 Å². The van der Waals surface area contributed by atoms with Gasteiger partial charge >= 0.3 is 5.69 Å². The molecule has 2 aromatic carbocycles. The van der Waals surface area contributed by atoms with E-state index in [4.69, 9.17) is 0 Å². The Kier molecular flexibility index (Phi) is 5.29. The third kappa shape index (κ3) is 3.86. The van der Waals surface area contributed by atoms with Crippen molar-refractivity contribution < 1.29 is 8.42 Å². The average Bonchev–Trinajstić information content (AvgIpc) is 2.93. The summed E-state index contributed by atoms with van der Waals surface area (Å²) >= 11 is 0. The number of nitrogens with zero attached hydrogens (tertiary/aromatic N) is 3. The zero-order valence-corrected chi connectivity index (χ0v) is 16.3. The molecule has 3 aromatic rings. The third-order valence-corrected chi connectivity index (χ3v) is 6.14. The lowest BCUT2D eigenvalue weighted by Crippen LogP contribution is -2.32. The molecule has 0 unspecified atom stereocenters. The molecular weight excluding hydrogens is 364 g/mol. The fourth-order valence-electron chi connectivity index (χ4n) is 2.85. The van der Waals surface area contributed by atoms with Gasteiger partial charge < -0.3 is 0 Å². The van der Waals surface area contributed by atoms with E-state index in [1.807, 2.05) is 43.3 Å². The molecule has 0 spiro atoms. The summed E-state index contributed by atoms with van der Waals surface area (Å²) in [5.74, 6) is 0.540. The molecule has 0 aliphatic carbocycles. The predicted octanol–water partition coefficient (Wildman–Crippen LogP) is 1.84. The van der Waals surface area contributed by atoms with Crippen LogP contribution in [0, 0.1) is 13.8 Å². The number of benzene rings is 2. The standard InChI is InChI=1S/C19H22N4O3S/c1-14-8-7-11-17(15(14)2)27(25,26)20-12-13-23-19(24)22(3)18(21-23)16-9-5-4-6-10-16/h4-11,20H,12-13H2,1-3H3. The van der Waals surface area contributed by atoms with E-state index in [1.165, 1.54) is 9.25 Å². The van der Waals surface area contributed by atoms with Crippen molar-refractivity contribution in [1.29, 1.82) is 0 Å². The second-order valence-electron chi connectivity index (χ2n) is 6.35. The maximum atomic E-state index is 12.5. The minimum absolute atomic E-state index is 0.0703. The summed E-state index contributed by atoms with van der Waals surface area (Å²) < 4.78 is 30.4. The third-order valence-electron chi connectivity index (χ3n) is 4.53. The Balaban J connectivity index is 1.76. The zero-order valence-electron chi connectivity index (χ0n) is 15.5. The Bertz CT molecular complexity index is 1120. The van der Waals surface area contributed by atoms with Crippen LogP contribution in [0.3, 0.4) is 0 Å². The van der Waals surface area contributed by atoms with Crippen molar-refractivity contribution in [3.63, 3.8) is 0 Å². The van der Waals surface area contributed by atoms with Crippen LogP contribution < -0.4 is 10.4 Å². The molecule has 0 bridgehead atoms. The molecule has 1 N–H and O–H groups in total. The summed E-state index contributed by atoms with van der Waals surface area (Å²) in [6.45, 7) is 3.86. The van der Waals surface area contributed by atoms with Gasteiger partial charge in [-0.3, -0.25) is 4.57 Å². The molecule has 0 radical (unpaired) electrons. The molecule has 8 heteroatoms. The van der Waals surface area contributed by atoms with Crippen LogP contribution in [0.2, 0.25) is 0 Å². The number of nitrogens with one attached hydrogen (secondary N) is 1. The van der Waals surface area contributed by atoms with Gasteiger partial charge in [-0.1, -0.05) is 42.5 Å². The van der Waals surface area contributed by atoms with Gasteiger partial charge in [0.2, 0.25) is 10.0 Å². The van der Waals surface area contributed by atoms with Gasteiger partial charge in [-0.15, -0.1) is 5.10 Å². The van der Waals surface area contributed by atoms with Gasteiger partial charge in [-0.25, -0.2) is 22.6 Å². The first-order valence-corrected chi connectivity index (χ1v) is 10.0. The second-order valence-corrected chi connectivity index (χ2v) is 8.09. The molecule has 3 rings (SSSR count). The van der Waals surface area contributed by atoms with Crippen molar-refractivity contribution in [2.75, 3.05) is 6.54 Å². The zero-order chi connectivity index (χ0) is 19.6. The summed E-state index contributed by atoms with van der Waals surface area (Å²) in [5, 5.41) is 4.34. The Labute approximate surface area is 158 Å². The SMILES string of the molecule is Cc1cccc(S(=O)(=O)NCCn2nc(-c3ccccc3)n(C)c2=O)c1C. The lowest BCUT2D eigenvalue weighted by molar-refractivity contribution is 0.550. The van der Waals surface area contributed by atoms with Crippen molar-refractivity contribution in [2.24, 2.45) is 7.05 Å². The molecule has 1 heterocycles. The second kappa shape index (κ2) is 7.50. The minimum atomic E-state index is -3.65. The molecule has 0 atom stereocenters. The van der Waals surface area contributed by atoms with Crippen LogP contribution >= 0.6 is 0 Å². The van der Waals surface area contributed by atoms with E-state index >= 15 is 0 Å². The Morgan fingerprint density at radius 1 is 1.04 bits per heavy atom. The minimum Gasteiger partial charge on any atom is -0.278 e. The van der Waals surface area contributed by atoms with Crippen molar-refractivity contribution >= 4 is 10.0 Å². The maximum Gasteiger partial charge on any atom is 0.345 e. The van der Waals surface area contributed by atoms with Crippen LogP contribution in [0.25, 0.3) is 11.4 Å². The highest BCUT2D eigenvalue weighted by Crippen LogP contribution is 2.18. The highest BCUT2D eigenvalue weighted by Gasteiger charge is 2.18. The summed E-state index contributed by atoms with van der Waals surface area (Å²) in [5.41, 5.74) is 2.16. The van der Waals surface area contributed by atoms with E-state index in [1.54, 1.807) is 26.1 Å². The van der Waals surface area contributed by atoms with Crippen LogP contribution in [0.15, 0.2) is 58.2 Å². The first-order valence-electron chi connectivity index (χ1n) is 8.56. The summed E-state index contributed by atoms with van der Waals surface area (Å²) in [4.78, 5) is 12.6. The highest BCUT2D eigenvalue weighted by atomic mass is 32.2. The summed E-state index contributed by atoms with van der Waals surface area (Å²) in [7, 11) is -2.00. The quantitative estimate of drug-likeness (QED) is 0.700. The highest BCUT2D eigenvalue weighted by molar-refractivity contribution is 7.89. The Morgan fingerprint density at radius 3 is 2.44 bits per heavy atom. The number of rotatable bonds is 6. The van der Waals surface area contributed by atoms with Gasteiger partial charge in [0.15, 0.2) is 5.82 Å². The van der Waals surface area contributed by atoms with E-state index in [9.17, 15) is 13.2 Å². The molecule has 0 fully saturated rings. The summed E-state index contributed by atoms with van der Waals surface area (Å²) in [6.07, 6.45) is 0. The van der Waals surface area contributed by atoms with Gasteiger partial charge in [0.05, 0.1) is 11.4 Å². The number of sulfonamides is 1. The monoisotopic (exact) mass is 386 g/mol. The first-order chi connectivity index (χ1) is 12.8. The number of aryl methyl sites for hydroxylation is 1. The Morgan fingerprint density at radius 2 is 1.74 bits per heavy atom. The lowest BCUT2D eigenvalue weighted by atomic mass is 10.1. The smallest absolute Gasteiger partial charge is 0.278 e. The van der Waals surface area contributed by atoms with E-state index in [0.29, 0.717) is 11.4 Å². The topological polar surface area (TPSA) is 86.0 Å². The van der Waals surface area contributed by atoms with Gasteiger partial charge in [-0.2, -0.15) is 0 Å². The molecule has 0 saturated carbocycles. The van der Waals surface area contributed by atoms with Crippen LogP contribution in [-0.2, 0) is 23.6 Å².